The number of benzene rings is 1. The van der Waals surface area contributed by atoms with Crippen molar-refractivity contribution in [3.63, 3.8) is 0 Å². The number of piperidine rings is 1. The van der Waals surface area contributed by atoms with Crippen LogP contribution < -0.4 is 24.7 Å². The molecule has 0 aliphatic carbocycles. The van der Waals surface area contributed by atoms with Crippen molar-refractivity contribution in [2.24, 2.45) is 0 Å². The molecule has 8 nitrogen and oxygen atoms in total. The molecule has 1 fully saturated rings. The van der Waals surface area contributed by atoms with Gasteiger partial charge in [-0.3, -0.25) is 4.79 Å². The van der Waals surface area contributed by atoms with Crippen molar-refractivity contribution in [2.75, 3.05) is 18.0 Å². The minimum Gasteiger partial charge on any atom is -0.501 e. The second-order valence-corrected chi connectivity index (χ2v) is 8.51. The molecule has 3 aromatic rings. The predicted octanol–water partition coefficient (Wildman–Crippen LogP) is 0.147. The molecule has 0 saturated carbocycles. The first-order chi connectivity index (χ1) is 16.0. The molecule has 0 spiro atoms. The summed E-state index contributed by atoms with van der Waals surface area (Å²) in [6, 6.07) is 7.69. The summed E-state index contributed by atoms with van der Waals surface area (Å²) in [5.41, 5.74) is 0.919. The Bertz CT molecular complexity index is 1320. The van der Waals surface area contributed by atoms with Crippen molar-refractivity contribution >= 4 is 42.9 Å². The molecule has 2 aliphatic rings. The van der Waals surface area contributed by atoms with Crippen LogP contribution in [0.4, 0.5) is 10.2 Å². The number of anilines is 1. The molecule has 8 radical (unpaired) electrons. The van der Waals surface area contributed by atoms with Crippen LogP contribution in [0.15, 0.2) is 41.3 Å². The number of hydrogen-bond acceptors (Lipinski definition) is 7. The summed E-state index contributed by atoms with van der Waals surface area (Å²) in [7, 11) is 23.1. The highest BCUT2D eigenvalue weighted by Gasteiger charge is 2.43. The van der Waals surface area contributed by atoms with Gasteiger partial charge < -0.3 is 19.1 Å². The Morgan fingerprint density at radius 3 is 2.59 bits per heavy atom. The summed E-state index contributed by atoms with van der Waals surface area (Å²) >= 11 is 0. The van der Waals surface area contributed by atoms with Gasteiger partial charge in [0.2, 0.25) is 0 Å². The molecule has 0 unspecified atom stereocenters. The van der Waals surface area contributed by atoms with Crippen LogP contribution in [0, 0.1) is 6.92 Å². The van der Waals surface area contributed by atoms with Gasteiger partial charge in [0.15, 0.2) is 29.1 Å². The van der Waals surface area contributed by atoms with Gasteiger partial charge in [0.05, 0.1) is 6.54 Å². The number of aromatic nitrogens is 3. The Kier molecular flexibility index (Phi) is 5.33. The fourth-order valence-corrected chi connectivity index (χ4v) is 3.99. The van der Waals surface area contributed by atoms with Crippen molar-refractivity contribution in [1.82, 2.24) is 14.6 Å². The zero-order chi connectivity index (χ0) is 24.3. The van der Waals surface area contributed by atoms with Gasteiger partial charge in [-0.25, -0.2) is 9.37 Å². The van der Waals surface area contributed by atoms with Gasteiger partial charge in [0.1, 0.15) is 43.2 Å². The van der Waals surface area contributed by atoms with Crippen LogP contribution >= 0.6 is 0 Å². The quantitative estimate of drug-likeness (QED) is 0.525. The maximum Gasteiger partial charge on any atom is 0.274 e. The van der Waals surface area contributed by atoms with E-state index in [1.807, 2.05) is 6.92 Å². The van der Waals surface area contributed by atoms with Crippen LogP contribution in [-0.4, -0.2) is 82.1 Å². The zero-order valence-corrected chi connectivity index (χ0v) is 18.3. The van der Waals surface area contributed by atoms with E-state index in [4.69, 9.17) is 45.6 Å². The van der Waals surface area contributed by atoms with Crippen LogP contribution in [0.2, 0.25) is 0 Å². The van der Waals surface area contributed by atoms with Gasteiger partial charge in [0, 0.05) is 42.1 Å². The maximum absolute atomic E-state index is 15.2. The highest BCUT2D eigenvalue weighted by Crippen LogP contribution is 2.41. The van der Waals surface area contributed by atoms with Crippen LogP contribution in [-0.2, 0) is 0 Å². The number of fused-ring (bicyclic) bond motifs is 2. The molecule has 1 saturated heterocycles. The number of aryl methyl sites for hydroxylation is 1. The summed E-state index contributed by atoms with van der Waals surface area (Å²) < 4.78 is 33.2. The van der Waals surface area contributed by atoms with Crippen molar-refractivity contribution in [2.45, 2.75) is 36.4 Å². The molecule has 0 bridgehead atoms. The van der Waals surface area contributed by atoms with E-state index in [2.05, 4.69) is 10.1 Å². The SMILES string of the molecule is [B]C1([B])Oc2ccc(O[C@H]3CCN(c4nn5c(=O)ccnc5cc4C)C[C@@H]3F)cc2OC1([B])[B]. The molecule has 2 aliphatic heterocycles. The van der Waals surface area contributed by atoms with Crippen molar-refractivity contribution in [1.29, 1.82) is 0 Å². The Labute approximate surface area is 200 Å². The van der Waals surface area contributed by atoms with Crippen molar-refractivity contribution in [3.8, 4) is 17.2 Å². The summed E-state index contributed by atoms with van der Waals surface area (Å²) in [6.07, 6.45) is -0.232. The predicted molar refractivity (Wildman–Crippen MR) is 126 cm³/mol. The number of alkyl halides is 1. The van der Waals surface area contributed by atoms with Gasteiger partial charge in [-0.1, -0.05) is 0 Å². The van der Waals surface area contributed by atoms with Gasteiger partial charge in [-0.15, -0.1) is 5.10 Å². The highest BCUT2D eigenvalue weighted by atomic mass is 19.1. The van der Waals surface area contributed by atoms with E-state index in [-0.39, 0.29) is 23.6 Å². The first kappa shape index (κ1) is 22.7. The number of hydrogen-bond donors (Lipinski definition) is 0. The van der Waals surface area contributed by atoms with Gasteiger partial charge >= 0.3 is 0 Å². The van der Waals surface area contributed by atoms with Crippen LogP contribution in [0.1, 0.15) is 12.0 Å². The molecule has 1 aromatic carbocycles. The Morgan fingerprint density at radius 2 is 1.85 bits per heavy atom. The molecule has 164 valence electrons. The third-order valence-corrected chi connectivity index (χ3v) is 5.90. The molecule has 2 aromatic heterocycles. The lowest BCUT2D eigenvalue weighted by Gasteiger charge is -2.48. The summed E-state index contributed by atoms with van der Waals surface area (Å²) in [5.74, 6) is 1.28. The molecule has 13 heteroatoms. The average molecular weight is 452 g/mol. The fraction of sp³-hybridized carbons (Fsp3) is 0.381. The first-order valence-electron chi connectivity index (χ1n) is 10.6. The summed E-state index contributed by atoms with van der Waals surface area (Å²) in [6.45, 7) is 2.36. The molecular formula is C21H17B4FN4O4. The van der Waals surface area contributed by atoms with Crippen LogP contribution in [0.25, 0.3) is 5.65 Å². The summed E-state index contributed by atoms with van der Waals surface area (Å²) in [5, 5.41) is 0.488. The molecule has 4 heterocycles. The average Bonchev–Trinajstić information content (AvgIpc) is 2.75. The maximum atomic E-state index is 15.2. The summed E-state index contributed by atoms with van der Waals surface area (Å²) in [4.78, 5) is 18.1. The monoisotopic (exact) mass is 452 g/mol. The first-order valence-corrected chi connectivity index (χ1v) is 10.6. The normalized spacial score (nSPS) is 22.9. The van der Waals surface area contributed by atoms with Gasteiger partial charge in [0.25, 0.3) is 5.56 Å². The van der Waals surface area contributed by atoms with E-state index < -0.39 is 23.1 Å². The van der Waals surface area contributed by atoms with Gasteiger partial charge in [-0.2, -0.15) is 4.52 Å². The van der Waals surface area contributed by atoms with E-state index in [1.54, 1.807) is 17.0 Å². The Morgan fingerprint density at radius 1 is 1.12 bits per heavy atom. The third-order valence-electron chi connectivity index (χ3n) is 5.90. The van der Waals surface area contributed by atoms with Crippen molar-refractivity contribution < 1.29 is 18.6 Å². The fourth-order valence-electron chi connectivity index (χ4n) is 3.99. The van der Waals surface area contributed by atoms with Crippen LogP contribution in [0.3, 0.4) is 0 Å². The van der Waals surface area contributed by atoms with Gasteiger partial charge in [-0.05, 0) is 30.7 Å². The zero-order valence-electron chi connectivity index (χ0n) is 18.3. The van der Waals surface area contributed by atoms with Crippen LogP contribution in [0.5, 0.6) is 17.2 Å². The van der Waals surface area contributed by atoms with Crippen molar-refractivity contribution in [3.05, 3.63) is 52.4 Å². The largest absolute Gasteiger partial charge is 0.501 e. The lowest BCUT2D eigenvalue weighted by Crippen LogP contribution is -2.65. The minimum absolute atomic E-state index is 0.0428. The molecule has 2 atom stereocenters. The highest BCUT2D eigenvalue weighted by molar-refractivity contribution is 6.53. The molecule has 34 heavy (non-hydrogen) atoms. The number of ether oxygens (including phenoxy) is 3. The van der Waals surface area contributed by atoms with E-state index in [1.165, 1.54) is 28.9 Å². The molecule has 0 amide bonds. The number of nitrogens with zero attached hydrogens (tertiary/aromatic N) is 4. The second-order valence-electron chi connectivity index (χ2n) is 8.51. The van der Waals surface area contributed by atoms with E-state index >= 15 is 4.39 Å². The lowest BCUT2D eigenvalue weighted by molar-refractivity contribution is 0.0587. The Balaban J connectivity index is 1.31. The van der Waals surface area contributed by atoms with E-state index in [0.717, 1.165) is 5.56 Å². The molecule has 0 N–H and O–H groups in total. The third kappa shape index (κ3) is 3.90. The number of rotatable bonds is 3. The standard InChI is InChI=1S/C21H17B4FN4O4/c1-11-8-17-27-6-4-18(31)30(17)28-19(11)29-7-5-14(13(26)10-29)32-12-2-3-15-16(9-12)34-21(24,25)20(22,23)33-15/h2-4,6,8-9,13-14H,5,7,10H2,1H3/t13-,14-/m0/s1. The minimum atomic E-state index is -1.98. The topological polar surface area (TPSA) is 78.2 Å². The molecule has 5 rings (SSSR count). The van der Waals surface area contributed by atoms with E-state index in [9.17, 15) is 4.79 Å². The van der Waals surface area contributed by atoms with E-state index in [0.29, 0.717) is 30.2 Å². The Hall–Kier alpha value is -3.10. The second kappa shape index (κ2) is 7.99. The number of halogens is 1. The lowest BCUT2D eigenvalue weighted by atomic mass is 9.41. The molecular weight excluding hydrogens is 435 g/mol. The smallest absolute Gasteiger partial charge is 0.274 e.